The lowest BCUT2D eigenvalue weighted by atomic mass is 9.86. The Labute approximate surface area is 94.2 Å². The van der Waals surface area contributed by atoms with Crippen LogP contribution in [0.2, 0.25) is 0 Å². The van der Waals surface area contributed by atoms with E-state index in [1.54, 1.807) is 0 Å². The van der Waals surface area contributed by atoms with Gasteiger partial charge < -0.3 is 10.4 Å². The van der Waals surface area contributed by atoms with Crippen molar-refractivity contribution in [3.63, 3.8) is 0 Å². The van der Waals surface area contributed by atoms with Crippen LogP contribution in [0.4, 0.5) is 8.78 Å². The zero-order valence-electron chi connectivity index (χ0n) is 9.51. The van der Waals surface area contributed by atoms with E-state index < -0.39 is 5.92 Å². The molecular formula is C11H19F2NO2. The molecule has 5 heteroatoms. The molecule has 0 heterocycles. The fourth-order valence-corrected chi connectivity index (χ4v) is 1.79. The van der Waals surface area contributed by atoms with Gasteiger partial charge in [0.2, 0.25) is 11.8 Å². The van der Waals surface area contributed by atoms with Gasteiger partial charge in [-0.25, -0.2) is 8.78 Å². The van der Waals surface area contributed by atoms with E-state index in [2.05, 4.69) is 5.32 Å². The lowest BCUT2D eigenvalue weighted by molar-refractivity contribution is -0.129. The first kappa shape index (κ1) is 13.4. The Morgan fingerprint density at radius 3 is 2.56 bits per heavy atom. The average molecular weight is 235 g/mol. The molecule has 1 aliphatic rings. The molecule has 1 rings (SSSR count). The fraction of sp³-hybridized carbons (Fsp3) is 0.909. The highest BCUT2D eigenvalue weighted by molar-refractivity contribution is 5.78. The standard InChI is InChI=1S/C11H19F2NO2/c1-8(7-15)6-14-10(16)9-2-4-11(12,13)5-3-9/h8-9,15H,2-7H2,1H3,(H,14,16). The molecule has 0 aromatic carbocycles. The SMILES string of the molecule is CC(CO)CNC(=O)C1CCC(F)(F)CC1. The molecule has 3 nitrogen and oxygen atoms in total. The van der Waals surface area contributed by atoms with Crippen LogP contribution in [-0.4, -0.2) is 30.1 Å². The molecule has 0 spiro atoms. The van der Waals surface area contributed by atoms with Crippen LogP contribution in [0, 0.1) is 11.8 Å². The number of carbonyl (C=O) groups excluding carboxylic acids is 1. The predicted molar refractivity (Wildman–Crippen MR) is 56.2 cm³/mol. The topological polar surface area (TPSA) is 49.3 Å². The molecule has 0 saturated heterocycles. The van der Waals surface area contributed by atoms with E-state index in [-0.39, 0.29) is 50.0 Å². The monoisotopic (exact) mass is 235 g/mol. The summed E-state index contributed by atoms with van der Waals surface area (Å²) in [5.41, 5.74) is 0. The maximum absolute atomic E-state index is 12.8. The molecular weight excluding hydrogens is 216 g/mol. The minimum absolute atomic E-state index is 0.00832. The van der Waals surface area contributed by atoms with Gasteiger partial charge in [0, 0.05) is 31.9 Å². The first-order chi connectivity index (χ1) is 7.44. The highest BCUT2D eigenvalue weighted by Crippen LogP contribution is 2.36. The van der Waals surface area contributed by atoms with Crippen molar-refractivity contribution in [1.82, 2.24) is 5.32 Å². The third-order valence-electron chi connectivity index (χ3n) is 3.02. The van der Waals surface area contributed by atoms with Crippen molar-refractivity contribution in [3.05, 3.63) is 0 Å². The van der Waals surface area contributed by atoms with Gasteiger partial charge in [0.05, 0.1) is 0 Å². The summed E-state index contributed by atoms with van der Waals surface area (Å²) < 4.78 is 25.7. The molecule has 1 amide bonds. The highest BCUT2D eigenvalue weighted by Gasteiger charge is 2.37. The van der Waals surface area contributed by atoms with E-state index >= 15 is 0 Å². The summed E-state index contributed by atoms with van der Waals surface area (Å²) in [6.07, 6.45) is 0.125. The molecule has 2 N–H and O–H groups in total. The first-order valence-electron chi connectivity index (χ1n) is 5.71. The molecule has 1 fully saturated rings. The Bertz CT molecular complexity index is 236. The van der Waals surface area contributed by atoms with Crippen LogP contribution in [-0.2, 0) is 4.79 Å². The second-order valence-electron chi connectivity index (χ2n) is 4.66. The molecule has 1 saturated carbocycles. The summed E-state index contributed by atoms with van der Waals surface area (Å²) in [7, 11) is 0. The molecule has 0 aromatic heterocycles. The van der Waals surface area contributed by atoms with E-state index in [9.17, 15) is 13.6 Å². The lowest BCUT2D eigenvalue weighted by Crippen LogP contribution is -2.38. The van der Waals surface area contributed by atoms with Gasteiger partial charge in [0.1, 0.15) is 0 Å². The number of aliphatic hydroxyl groups is 1. The van der Waals surface area contributed by atoms with Crippen LogP contribution in [0.1, 0.15) is 32.6 Å². The minimum Gasteiger partial charge on any atom is -0.396 e. The summed E-state index contributed by atoms with van der Waals surface area (Å²) >= 11 is 0. The molecule has 16 heavy (non-hydrogen) atoms. The third kappa shape index (κ3) is 4.04. The molecule has 94 valence electrons. The molecule has 0 aromatic rings. The quantitative estimate of drug-likeness (QED) is 0.776. The van der Waals surface area contributed by atoms with Crippen LogP contribution in [0.15, 0.2) is 0 Å². The van der Waals surface area contributed by atoms with Crippen molar-refractivity contribution in [1.29, 1.82) is 0 Å². The van der Waals surface area contributed by atoms with Gasteiger partial charge in [-0.05, 0) is 18.8 Å². The van der Waals surface area contributed by atoms with Gasteiger partial charge in [-0.2, -0.15) is 0 Å². The molecule has 0 radical (unpaired) electrons. The van der Waals surface area contributed by atoms with Gasteiger partial charge in [0.15, 0.2) is 0 Å². The molecule has 0 bridgehead atoms. The van der Waals surface area contributed by atoms with Crippen LogP contribution in [0.5, 0.6) is 0 Å². The number of hydrogen-bond donors (Lipinski definition) is 2. The largest absolute Gasteiger partial charge is 0.396 e. The third-order valence-corrected chi connectivity index (χ3v) is 3.02. The van der Waals surface area contributed by atoms with E-state index in [0.29, 0.717) is 6.54 Å². The van der Waals surface area contributed by atoms with E-state index in [4.69, 9.17) is 5.11 Å². The molecule has 1 atom stereocenters. The van der Waals surface area contributed by atoms with Gasteiger partial charge in [-0.3, -0.25) is 4.79 Å². The Kier molecular flexibility index (Phi) is 4.65. The maximum atomic E-state index is 12.8. The normalized spacial score (nSPS) is 22.8. The highest BCUT2D eigenvalue weighted by atomic mass is 19.3. The van der Waals surface area contributed by atoms with Crippen molar-refractivity contribution < 1.29 is 18.7 Å². The average Bonchev–Trinajstić information content (AvgIpc) is 2.25. The Balaban J connectivity index is 2.28. The Morgan fingerprint density at radius 2 is 2.06 bits per heavy atom. The van der Waals surface area contributed by atoms with Crippen molar-refractivity contribution in [3.8, 4) is 0 Å². The number of amides is 1. The Morgan fingerprint density at radius 1 is 1.50 bits per heavy atom. The molecule has 1 unspecified atom stereocenters. The Hall–Kier alpha value is -0.710. The predicted octanol–water partition coefficient (Wildman–Crippen LogP) is 1.56. The second-order valence-corrected chi connectivity index (χ2v) is 4.66. The van der Waals surface area contributed by atoms with Crippen molar-refractivity contribution in [2.45, 2.75) is 38.5 Å². The van der Waals surface area contributed by atoms with Gasteiger partial charge >= 0.3 is 0 Å². The van der Waals surface area contributed by atoms with Gasteiger partial charge in [0.25, 0.3) is 0 Å². The van der Waals surface area contributed by atoms with Crippen LogP contribution < -0.4 is 5.32 Å². The molecule has 1 aliphatic carbocycles. The number of rotatable bonds is 4. The zero-order chi connectivity index (χ0) is 12.2. The zero-order valence-corrected chi connectivity index (χ0v) is 9.51. The van der Waals surface area contributed by atoms with Crippen molar-refractivity contribution in [2.75, 3.05) is 13.2 Å². The van der Waals surface area contributed by atoms with Crippen molar-refractivity contribution >= 4 is 5.91 Å². The lowest BCUT2D eigenvalue weighted by Gasteiger charge is -2.27. The van der Waals surface area contributed by atoms with Crippen LogP contribution >= 0.6 is 0 Å². The van der Waals surface area contributed by atoms with Gasteiger partial charge in [-0.15, -0.1) is 0 Å². The fourth-order valence-electron chi connectivity index (χ4n) is 1.79. The van der Waals surface area contributed by atoms with E-state index in [0.717, 1.165) is 0 Å². The number of hydrogen-bond acceptors (Lipinski definition) is 2. The van der Waals surface area contributed by atoms with Crippen LogP contribution in [0.25, 0.3) is 0 Å². The number of nitrogens with one attached hydrogen (secondary N) is 1. The summed E-state index contributed by atoms with van der Waals surface area (Å²) in [6, 6.07) is 0. The summed E-state index contributed by atoms with van der Waals surface area (Å²) in [5, 5.41) is 11.5. The number of alkyl halides is 2. The summed E-state index contributed by atoms with van der Waals surface area (Å²) in [6.45, 7) is 2.24. The van der Waals surface area contributed by atoms with Crippen LogP contribution in [0.3, 0.4) is 0 Å². The number of halogens is 2. The molecule has 0 aliphatic heterocycles. The summed E-state index contributed by atoms with van der Waals surface area (Å²) in [5.74, 6) is -3.02. The number of carbonyl (C=O) groups is 1. The maximum Gasteiger partial charge on any atom is 0.248 e. The summed E-state index contributed by atoms with van der Waals surface area (Å²) in [4.78, 5) is 11.6. The van der Waals surface area contributed by atoms with Crippen molar-refractivity contribution in [2.24, 2.45) is 11.8 Å². The second kappa shape index (κ2) is 5.57. The minimum atomic E-state index is -2.59. The number of aliphatic hydroxyl groups excluding tert-OH is 1. The smallest absolute Gasteiger partial charge is 0.248 e. The van der Waals surface area contributed by atoms with E-state index in [1.807, 2.05) is 6.92 Å². The van der Waals surface area contributed by atoms with Gasteiger partial charge in [-0.1, -0.05) is 6.92 Å². The first-order valence-corrected chi connectivity index (χ1v) is 5.71. The van der Waals surface area contributed by atoms with E-state index in [1.165, 1.54) is 0 Å².